The number of unbranched alkanes of at least 4 members (excludes halogenated alkanes) is 14. The number of likely N-dealkylation sites (tertiary alicyclic amines) is 1. The van der Waals surface area contributed by atoms with Gasteiger partial charge < -0.3 is 26.0 Å². The number of amides is 4. The number of nitrogens with zero attached hydrogens (tertiary/aromatic N) is 1. The predicted octanol–water partition coefficient (Wildman–Crippen LogP) is 4.26. The average molecular weight is 654 g/mol. The van der Waals surface area contributed by atoms with Crippen LogP contribution in [0.2, 0.25) is 0 Å². The highest BCUT2D eigenvalue weighted by Gasteiger charge is 2.34. The van der Waals surface area contributed by atoms with Gasteiger partial charge in [0.2, 0.25) is 23.6 Å². The van der Waals surface area contributed by atoms with Crippen LogP contribution in [0.15, 0.2) is 0 Å². The molecule has 0 aromatic rings. The first-order chi connectivity index (χ1) is 21.9. The highest BCUT2D eigenvalue weighted by atomic mass is 16.4. The topological polar surface area (TPSA) is 207 Å². The smallest absolute Gasteiger partial charge is 0.328 e. The van der Waals surface area contributed by atoms with Gasteiger partial charge in [0.05, 0.1) is 0 Å². The molecule has 262 valence electrons. The molecule has 1 heterocycles. The highest BCUT2D eigenvalue weighted by molar-refractivity contribution is 6.03. The number of nitrogens with one attached hydrogen (secondary N) is 2. The van der Waals surface area contributed by atoms with Crippen LogP contribution in [-0.2, 0) is 33.6 Å². The van der Waals surface area contributed by atoms with Crippen LogP contribution in [0, 0.1) is 11.8 Å². The van der Waals surface area contributed by atoms with Crippen molar-refractivity contribution in [1.29, 1.82) is 0 Å². The average Bonchev–Trinajstić information content (AvgIpc) is 3.23. The third-order valence-corrected chi connectivity index (χ3v) is 8.38. The van der Waals surface area contributed by atoms with Crippen molar-refractivity contribution in [1.82, 2.24) is 15.5 Å². The second kappa shape index (κ2) is 23.8. The summed E-state index contributed by atoms with van der Waals surface area (Å²) in [5.41, 5.74) is 0. The maximum absolute atomic E-state index is 12.2. The van der Waals surface area contributed by atoms with Crippen LogP contribution in [0.1, 0.15) is 135 Å². The van der Waals surface area contributed by atoms with Crippen LogP contribution in [-0.4, -0.2) is 80.9 Å². The van der Waals surface area contributed by atoms with Gasteiger partial charge in [-0.15, -0.1) is 0 Å². The molecule has 2 unspecified atom stereocenters. The molecule has 0 spiro atoms. The number of hydrogen-bond acceptors (Lipinski definition) is 7. The van der Waals surface area contributed by atoms with Crippen LogP contribution >= 0.6 is 0 Å². The van der Waals surface area contributed by atoms with Gasteiger partial charge in [-0.3, -0.25) is 33.7 Å². The largest absolute Gasteiger partial charge is 0.481 e. The summed E-state index contributed by atoms with van der Waals surface area (Å²) in [5.74, 6) is -6.31. The summed E-state index contributed by atoms with van der Waals surface area (Å²) in [6.07, 6.45) is 15.4. The van der Waals surface area contributed by atoms with E-state index in [1.165, 1.54) is 4.90 Å². The molecule has 2 atom stereocenters. The summed E-state index contributed by atoms with van der Waals surface area (Å²) in [4.78, 5) is 82.6. The maximum atomic E-state index is 12.2. The molecule has 0 saturated carbocycles. The zero-order valence-corrected chi connectivity index (χ0v) is 27.4. The number of carboxylic acids is 3. The maximum Gasteiger partial charge on any atom is 0.328 e. The zero-order chi connectivity index (χ0) is 34.3. The molecular weight excluding hydrogens is 598 g/mol. The summed E-state index contributed by atoms with van der Waals surface area (Å²) < 4.78 is 0. The fourth-order valence-electron chi connectivity index (χ4n) is 5.52. The number of hydrogen-bond donors (Lipinski definition) is 5. The SMILES string of the molecule is CC1CC(=O)N(CCCCCC(=O)NCC(NC(=O)CCCCCCCCCCCCCCCC(C(=O)O)C(=O)O)C(=O)O)C1=O. The van der Waals surface area contributed by atoms with E-state index < -0.39 is 29.9 Å². The standard InChI is InChI=1S/C33H55N3O10/c1-24-22-29(39)36(30(24)40)21-17-13-16-19-27(37)34-23-26(33(45)46)35-28(38)20-15-12-10-8-6-4-2-3-5-7-9-11-14-18-25(31(41)42)32(43)44/h24-26H,2-23H2,1H3,(H,34,37)(H,35,38)(H,41,42)(H,43,44)(H,45,46). The van der Waals surface area contributed by atoms with Gasteiger partial charge in [-0.1, -0.05) is 90.4 Å². The van der Waals surface area contributed by atoms with Crippen molar-refractivity contribution in [2.24, 2.45) is 11.8 Å². The van der Waals surface area contributed by atoms with Crippen molar-refractivity contribution >= 4 is 41.5 Å². The lowest BCUT2D eigenvalue weighted by Gasteiger charge is -2.16. The first-order valence-corrected chi connectivity index (χ1v) is 17.0. The summed E-state index contributed by atoms with van der Waals surface area (Å²) in [7, 11) is 0. The van der Waals surface area contributed by atoms with Crippen molar-refractivity contribution in [3.05, 3.63) is 0 Å². The number of carbonyl (C=O) groups is 7. The van der Waals surface area contributed by atoms with E-state index in [1.54, 1.807) is 6.92 Å². The van der Waals surface area contributed by atoms with Crippen molar-refractivity contribution in [3.63, 3.8) is 0 Å². The van der Waals surface area contributed by atoms with Crippen molar-refractivity contribution in [2.45, 2.75) is 141 Å². The van der Waals surface area contributed by atoms with Crippen LogP contribution < -0.4 is 10.6 Å². The van der Waals surface area contributed by atoms with Gasteiger partial charge in [0, 0.05) is 38.3 Å². The molecule has 13 heteroatoms. The van der Waals surface area contributed by atoms with Gasteiger partial charge in [-0.2, -0.15) is 0 Å². The molecule has 46 heavy (non-hydrogen) atoms. The lowest BCUT2D eigenvalue weighted by molar-refractivity contribution is -0.155. The monoisotopic (exact) mass is 653 g/mol. The van der Waals surface area contributed by atoms with Crippen LogP contribution in [0.3, 0.4) is 0 Å². The van der Waals surface area contributed by atoms with Crippen molar-refractivity contribution in [3.8, 4) is 0 Å². The number of imide groups is 1. The molecule has 1 saturated heterocycles. The molecule has 0 aliphatic carbocycles. The van der Waals surface area contributed by atoms with Gasteiger partial charge in [0.1, 0.15) is 6.04 Å². The molecule has 13 nitrogen and oxygen atoms in total. The Kier molecular flexibility index (Phi) is 20.9. The van der Waals surface area contributed by atoms with E-state index in [-0.39, 0.29) is 61.8 Å². The number of aliphatic carboxylic acids is 3. The Bertz CT molecular complexity index is 988. The molecular formula is C33H55N3O10. The van der Waals surface area contributed by atoms with Crippen LogP contribution in [0.5, 0.6) is 0 Å². The Morgan fingerprint density at radius 1 is 0.674 bits per heavy atom. The lowest BCUT2D eigenvalue weighted by atomic mass is 10.00. The van der Waals surface area contributed by atoms with E-state index in [1.807, 2.05) is 0 Å². The molecule has 0 radical (unpaired) electrons. The Balaban J connectivity index is 2.00. The van der Waals surface area contributed by atoms with E-state index in [4.69, 9.17) is 10.2 Å². The molecule has 5 N–H and O–H groups in total. The summed E-state index contributed by atoms with van der Waals surface area (Å²) in [5, 5.41) is 32.2. The van der Waals surface area contributed by atoms with Crippen LogP contribution in [0.25, 0.3) is 0 Å². The summed E-state index contributed by atoms with van der Waals surface area (Å²) >= 11 is 0. The lowest BCUT2D eigenvalue weighted by Crippen LogP contribution is -2.48. The first-order valence-electron chi connectivity index (χ1n) is 17.0. The van der Waals surface area contributed by atoms with Crippen molar-refractivity contribution < 1.29 is 48.9 Å². The summed E-state index contributed by atoms with van der Waals surface area (Å²) in [6.45, 7) is 1.88. The van der Waals surface area contributed by atoms with E-state index in [0.717, 1.165) is 70.6 Å². The second-order valence-electron chi connectivity index (χ2n) is 12.4. The molecule has 0 aromatic heterocycles. The minimum absolute atomic E-state index is 0.150. The Labute approximate surface area is 272 Å². The second-order valence-corrected chi connectivity index (χ2v) is 12.4. The number of carbonyl (C=O) groups excluding carboxylic acids is 4. The number of rotatable bonds is 28. The fraction of sp³-hybridized carbons (Fsp3) is 0.788. The minimum Gasteiger partial charge on any atom is -0.481 e. The van der Waals surface area contributed by atoms with Crippen LogP contribution in [0.4, 0.5) is 0 Å². The Morgan fingerprint density at radius 2 is 1.13 bits per heavy atom. The van der Waals surface area contributed by atoms with E-state index in [9.17, 15) is 38.7 Å². The zero-order valence-electron chi connectivity index (χ0n) is 27.4. The van der Waals surface area contributed by atoms with Gasteiger partial charge in [-0.05, 0) is 25.7 Å². The van der Waals surface area contributed by atoms with E-state index in [2.05, 4.69) is 10.6 Å². The van der Waals surface area contributed by atoms with E-state index >= 15 is 0 Å². The van der Waals surface area contributed by atoms with Gasteiger partial charge in [0.15, 0.2) is 5.92 Å². The molecule has 0 bridgehead atoms. The van der Waals surface area contributed by atoms with Gasteiger partial charge in [0.25, 0.3) is 0 Å². The van der Waals surface area contributed by atoms with Gasteiger partial charge in [-0.25, -0.2) is 4.79 Å². The fourth-order valence-corrected chi connectivity index (χ4v) is 5.52. The summed E-state index contributed by atoms with van der Waals surface area (Å²) in [6, 6.07) is -1.20. The molecule has 0 aromatic carbocycles. The van der Waals surface area contributed by atoms with E-state index in [0.29, 0.717) is 38.6 Å². The quantitative estimate of drug-likeness (QED) is 0.0460. The molecule has 1 aliphatic rings. The molecule has 1 aliphatic heterocycles. The Morgan fingerprint density at radius 3 is 1.59 bits per heavy atom. The minimum atomic E-state index is -1.30. The molecule has 1 fully saturated rings. The highest BCUT2D eigenvalue weighted by Crippen LogP contribution is 2.19. The normalized spacial score (nSPS) is 15.3. The third-order valence-electron chi connectivity index (χ3n) is 8.38. The van der Waals surface area contributed by atoms with Crippen molar-refractivity contribution in [2.75, 3.05) is 13.1 Å². The predicted molar refractivity (Wildman–Crippen MR) is 170 cm³/mol. The molecule has 1 rings (SSSR count). The third kappa shape index (κ3) is 17.8. The number of carboxylic acid groups (broad SMARTS) is 3. The molecule has 4 amide bonds. The first kappa shape index (κ1) is 40.5. The van der Waals surface area contributed by atoms with Gasteiger partial charge >= 0.3 is 17.9 Å². The Hall–Kier alpha value is -3.51.